The number of carbonyl (C=O) groups is 3. The Morgan fingerprint density at radius 2 is 1.92 bits per heavy atom. The van der Waals surface area contributed by atoms with Gasteiger partial charge in [0.2, 0.25) is 0 Å². The molecular formula is C20H26N2O4. The molecule has 140 valence electrons. The molecule has 6 heteroatoms. The fourth-order valence-electron chi connectivity index (χ4n) is 4.17. The van der Waals surface area contributed by atoms with E-state index in [0.717, 1.165) is 30.6 Å². The minimum atomic E-state index is -0.855. The topological polar surface area (TPSA) is 66.9 Å². The number of imide groups is 1. The number of amides is 3. The summed E-state index contributed by atoms with van der Waals surface area (Å²) in [5, 5.41) is 0. The number of benzene rings is 1. The third-order valence-corrected chi connectivity index (χ3v) is 5.99. The quantitative estimate of drug-likeness (QED) is 0.599. The van der Waals surface area contributed by atoms with Crippen LogP contribution in [0, 0.1) is 5.92 Å². The minimum absolute atomic E-state index is 0.148. The summed E-state index contributed by atoms with van der Waals surface area (Å²) in [6, 6.07) is 6.37. The molecule has 1 heterocycles. The van der Waals surface area contributed by atoms with Gasteiger partial charge in [0.15, 0.2) is 5.78 Å². The molecule has 1 saturated carbocycles. The van der Waals surface area contributed by atoms with Crippen LogP contribution in [0.3, 0.4) is 0 Å². The number of nitrogens with zero attached hydrogens (tertiary/aromatic N) is 2. The summed E-state index contributed by atoms with van der Waals surface area (Å²) in [6.45, 7) is 1.61. The van der Waals surface area contributed by atoms with Crippen molar-refractivity contribution in [1.29, 1.82) is 0 Å². The van der Waals surface area contributed by atoms with Gasteiger partial charge in [0.05, 0.1) is 13.7 Å². The third kappa shape index (κ3) is 2.97. The van der Waals surface area contributed by atoms with Crippen molar-refractivity contribution >= 4 is 17.7 Å². The molecule has 1 unspecified atom stereocenters. The standard InChI is InChI=1S/C20H26N2O4/c1-20(15-9-5-4-6-10-15)18(24)22(19(25)21(20)2)13-17(23)14-8-7-11-16(12-14)26-3/h7-8,11-12,15H,4-6,9-10,13H2,1-3H3. The van der Waals surface area contributed by atoms with E-state index in [-0.39, 0.29) is 30.2 Å². The molecule has 0 N–H and O–H groups in total. The SMILES string of the molecule is COc1cccc(C(=O)CN2C(=O)N(C)C(C)(C3CCCCC3)C2=O)c1. The van der Waals surface area contributed by atoms with Gasteiger partial charge < -0.3 is 9.64 Å². The van der Waals surface area contributed by atoms with Crippen LogP contribution in [0.4, 0.5) is 4.79 Å². The largest absolute Gasteiger partial charge is 0.497 e. The minimum Gasteiger partial charge on any atom is -0.497 e. The molecule has 1 aromatic carbocycles. The van der Waals surface area contributed by atoms with Crippen molar-refractivity contribution in [1.82, 2.24) is 9.80 Å². The zero-order valence-corrected chi connectivity index (χ0v) is 15.7. The summed E-state index contributed by atoms with van der Waals surface area (Å²) in [4.78, 5) is 41.1. The molecule has 26 heavy (non-hydrogen) atoms. The Morgan fingerprint density at radius 1 is 1.23 bits per heavy atom. The highest BCUT2D eigenvalue weighted by Gasteiger charge is 2.56. The van der Waals surface area contributed by atoms with Crippen LogP contribution >= 0.6 is 0 Å². The molecular weight excluding hydrogens is 332 g/mol. The first-order chi connectivity index (χ1) is 12.4. The van der Waals surface area contributed by atoms with E-state index in [1.54, 1.807) is 31.3 Å². The summed E-state index contributed by atoms with van der Waals surface area (Å²) in [7, 11) is 3.20. The Kier molecular flexibility index (Phi) is 5.03. The monoisotopic (exact) mass is 358 g/mol. The van der Waals surface area contributed by atoms with Gasteiger partial charge >= 0.3 is 6.03 Å². The molecule has 2 fully saturated rings. The molecule has 0 spiro atoms. The Labute approximate surface area is 154 Å². The van der Waals surface area contributed by atoms with Crippen LogP contribution in [0.15, 0.2) is 24.3 Å². The van der Waals surface area contributed by atoms with Gasteiger partial charge in [0, 0.05) is 12.6 Å². The Bertz CT molecular complexity index is 726. The van der Waals surface area contributed by atoms with E-state index >= 15 is 0 Å². The maximum Gasteiger partial charge on any atom is 0.327 e. The molecule has 0 bridgehead atoms. The van der Waals surface area contributed by atoms with Crippen LogP contribution in [-0.2, 0) is 4.79 Å². The number of Topliss-reactive ketones (excluding diaryl/α,β-unsaturated/α-hetero) is 1. The van der Waals surface area contributed by atoms with Gasteiger partial charge in [-0.3, -0.25) is 14.5 Å². The van der Waals surface area contributed by atoms with E-state index in [2.05, 4.69) is 0 Å². The Morgan fingerprint density at radius 3 is 2.58 bits per heavy atom. The van der Waals surface area contributed by atoms with E-state index < -0.39 is 5.54 Å². The van der Waals surface area contributed by atoms with Crippen molar-refractivity contribution in [2.24, 2.45) is 5.92 Å². The lowest BCUT2D eigenvalue weighted by molar-refractivity contribution is -0.135. The highest BCUT2D eigenvalue weighted by Crippen LogP contribution is 2.40. The van der Waals surface area contributed by atoms with Crippen LogP contribution in [0.25, 0.3) is 0 Å². The maximum atomic E-state index is 13.1. The van der Waals surface area contributed by atoms with Gasteiger partial charge in [-0.2, -0.15) is 0 Å². The van der Waals surface area contributed by atoms with Crippen molar-refractivity contribution in [3.63, 3.8) is 0 Å². The number of rotatable bonds is 5. The molecule has 2 aliphatic rings. The summed E-state index contributed by atoms with van der Waals surface area (Å²) in [5.74, 6) is 0.189. The van der Waals surface area contributed by atoms with Gasteiger partial charge in [0.25, 0.3) is 5.91 Å². The lowest BCUT2D eigenvalue weighted by Gasteiger charge is -2.38. The maximum absolute atomic E-state index is 13.1. The van der Waals surface area contributed by atoms with Gasteiger partial charge in [0.1, 0.15) is 11.3 Å². The van der Waals surface area contributed by atoms with Crippen LogP contribution in [0.5, 0.6) is 5.75 Å². The predicted octanol–water partition coefficient (Wildman–Crippen LogP) is 3.11. The Hall–Kier alpha value is -2.37. The van der Waals surface area contributed by atoms with Crippen molar-refractivity contribution in [2.45, 2.75) is 44.6 Å². The number of ketones is 1. The van der Waals surface area contributed by atoms with Crippen LogP contribution in [0.2, 0.25) is 0 Å². The molecule has 0 radical (unpaired) electrons. The molecule has 3 amide bonds. The van der Waals surface area contributed by atoms with E-state index in [4.69, 9.17) is 4.74 Å². The lowest BCUT2D eigenvalue weighted by atomic mass is 9.75. The molecule has 1 aliphatic heterocycles. The van der Waals surface area contributed by atoms with Gasteiger partial charge in [-0.15, -0.1) is 0 Å². The number of urea groups is 1. The van der Waals surface area contributed by atoms with Crippen molar-refractivity contribution in [3.8, 4) is 5.75 Å². The van der Waals surface area contributed by atoms with Crippen LogP contribution in [0.1, 0.15) is 49.4 Å². The van der Waals surface area contributed by atoms with Crippen molar-refractivity contribution < 1.29 is 19.1 Å². The average molecular weight is 358 g/mol. The second-order valence-electron chi connectivity index (χ2n) is 7.37. The van der Waals surface area contributed by atoms with Gasteiger partial charge in [-0.25, -0.2) is 4.79 Å². The number of methoxy groups -OCH3 is 1. The third-order valence-electron chi connectivity index (χ3n) is 5.99. The van der Waals surface area contributed by atoms with E-state index in [0.29, 0.717) is 11.3 Å². The molecule has 1 saturated heterocycles. The molecule has 3 rings (SSSR count). The van der Waals surface area contributed by atoms with Gasteiger partial charge in [-0.05, 0) is 37.8 Å². The highest BCUT2D eigenvalue weighted by atomic mass is 16.5. The first-order valence-electron chi connectivity index (χ1n) is 9.16. The second kappa shape index (κ2) is 7.09. The van der Waals surface area contributed by atoms with Crippen molar-refractivity contribution in [3.05, 3.63) is 29.8 Å². The lowest BCUT2D eigenvalue weighted by Crippen LogP contribution is -2.52. The second-order valence-corrected chi connectivity index (χ2v) is 7.37. The normalized spacial score (nSPS) is 24.3. The molecule has 0 aromatic heterocycles. The number of hydrogen-bond acceptors (Lipinski definition) is 4. The predicted molar refractivity (Wildman–Crippen MR) is 97.2 cm³/mol. The number of ether oxygens (including phenoxy) is 1. The molecule has 1 aliphatic carbocycles. The van der Waals surface area contributed by atoms with E-state index in [9.17, 15) is 14.4 Å². The fraction of sp³-hybridized carbons (Fsp3) is 0.550. The zero-order chi connectivity index (χ0) is 18.9. The summed E-state index contributed by atoms with van der Waals surface area (Å²) in [6.07, 6.45) is 5.22. The highest BCUT2D eigenvalue weighted by molar-refractivity contribution is 6.11. The summed E-state index contributed by atoms with van der Waals surface area (Å²) < 4.78 is 5.14. The number of carbonyl (C=O) groups excluding carboxylic acids is 3. The Balaban J connectivity index is 1.80. The first-order valence-corrected chi connectivity index (χ1v) is 9.16. The summed E-state index contributed by atoms with van der Waals surface area (Å²) >= 11 is 0. The number of likely N-dealkylation sites (N-methyl/N-ethyl adjacent to an activating group) is 1. The van der Waals surface area contributed by atoms with Gasteiger partial charge in [-0.1, -0.05) is 31.4 Å². The molecule has 1 aromatic rings. The summed E-state index contributed by atoms with van der Waals surface area (Å²) in [5.41, 5.74) is -0.425. The van der Waals surface area contributed by atoms with E-state index in [1.165, 1.54) is 18.4 Å². The molecule has 1 atom stereocenters. The van der Waals surface area contributed by atoms with Crippen LogP contribution in [-0.4, -0.2) is 53.8 Å². The van der Waals surface area contributed by atoms with Crippen LogP contribution < -0.4 is 4.74 Å². The first kappa shape index (κ1) is 18.4. The molecule has 6 nitrogen and oxygen atoms in total. The van der Waals surface area contributed by atoms with Crippen molar-refractivity contribution in [2.75, 3.05) is 20.7 Å². The zero-order valence-electron chi connectivity index (χ0n) is 15.7. The average Bonchev–Trinajstić information content (AvgIpc) is 2.85. The smallest absolute Gasteiger partial charge is 0.327 e. The van der Waals surface area contributed by atoms with E-state index in [1.807, 2.05) is 6.92 Å². The number of hydrogen-bond donors (Lipinski definition) is 0. The fourth-order valence-corrected chi connectivity index (χ4v) is 4.17.